The summed E-state index contributed by atoms with van der Waals surface area (Å²) in [6.07, 6.45) is 0. The maximum atomic E-state index is 12.6. The van der Waals surface area contributed by atoms with E-state index in [0.29, 0.717) is 18.7 Å². The second-order valence-corrected chi connectivity index (χ2v) is 7.31. The molecule has 1 heterocycles. The minimum atomic E-state index is -0.111. The van der Waals surface area contributed by atoms with E-state index in [1.54, 1.807) is 0 Å². The van der Waals surface area contributed by atoms with E-state index in [-0.39, 0.29) is 17.7 Å². The van der Waals surface area contributed by atoms with Crippen molar-refractivity contribution >= 4 is 23.2 Å². The molecule has 27 heavy (non-hydrogen) atoms. The molecule has 5 heteroatoms. The fourth-order valence-corrected chi connectivity index (χ4v) is 3.37. The van der Waals surface area contributed by atoms with Crippen LogP contribution in [-0.2, 0) is 4.79 Å². The smallest absolute Gasteiger partial charge is 0.255 e. The molecule has 1 aliphatic heterocycles. The number of rotatable bonds is 4. The largest absolute Gasteiger partial charge is 0.366 e. The van der Waals surface area contributed by atoms with Crippen LogP contribution in [0.5, 0.6) is 0 Å². The highest BCUT2D eigenvalue weighted by atomic mass is 16.2. The molecule has 142 valence electrons. The first-order valence-electron chi connectivity index (χ1n) is 9.46. The minimum absolute atomic E-state index is 0.0254. The first-order chi connectivity index (χ1) is 13.0. The Labute approximate surface area is 161 Å². The fourth-order valence-electron chi connectivity index (χ4n) is 3.37. The molecule has 0 aromatic heterocycles. The van der Waals surface area contributed by atoms with Gasteiger partial charge < -0.3 is 15.1 Å². The summed E-state index contributed by atoms with van der Waals surface area (Å²) in [7, 11) is 0. The Kier molecular flexibility index (Phi) is 5.79. The highest BCUT2D eigenvalue weighted by Crippen LogP contribution is 2.27. The van der Waals surface area contributed by atoms with E-state index in [2.05, 4.69) is 10.2 Å². The number of nitrogens with one attached hydrogen (secondary N) is 1. The van der Waals surface area contributed by atoms with Gasteiger partial charge in [-0.1, -0.05) is 43.7 Å². The van der Waals surface area contributed by atoms with Crippen molar-refractivity contribution in [3.63, 3.8) is 0 Å². The zero-order chi connectivity index (χ0) is 19.4. The number of nitrogens with zero attached hydrogens (tertiary/aromatic N) is 2. The summed E-state index contributed by atoms with van der Waals surface area (Å²) in [4.78, 5) is 29.0. The maximum Gasteiger partial charge on any atom is 0.255 e. The van der Waals surface area contributed by atoms with Gasteiger partial charge in [0.25, 0.3) is 5.91 Å². The first-order valence-corrected chi connectivity index (χ1v) is 9.46. The number of hydrogen-bond acceptors (Lipinski definition) is 3. The Morgan fingerprint density at radius 1 is 0.963 bits per heavy atom. The molecule has 0 unspecified atom stereocenters. The first kappa shape index (κ1) is 19.0. The number of carbonyl (C=O) groups is 2. The third kappa shape index (κ3) is 4.48. The van der Waals surface area contributed by atoms with E-state index in [4.69, 9.17) is 0 Å². The lowest BCUT2D eigenvalue weighted by atomic mass is 10.1. The average Bonchev–Trinajstić information content (AvgIpc) is 2.68. The van der Waals surface area contributed by atoms with Gasteiger partial charge in [-0.25, -0.2) is 0 Å². The molecule has 3 rings (SSSR count). The molecule has 0 aliphatic carbocycles. The Bertz CT molecular complexity index is 824. The Morgan fingerprint density at radius 2 is 1.67 bits per heavy atom. The quantitative estimate of drug-likeness (QED) is 0.901. The zero-order valence-corrected chi connectivity index (χ0v) is 16.2. The van der Waals surface area contributed by atoms with E-state index < -0.39 is 0 Å². The Morgan fingerprint density at radius 3 is 2.33 bits per heavy atom. The van der Waals surface area contributed by atoms with Crippen LogP contribution in [0.2, 0.25) is 0 Å². The van der Waals surface area contributed by atoms with Gasteiger partial charge in [-0.3, -0.25) is 9.59 Å². The molecule has 1 N–H and O–H groups in total. The van der Waals surface area contributed by atoms with Crippen molar-refractivity contribution in [1.29, 1.82) is 0 Å². The van der Waals surface area contributed by atoms with Crippen molar-refractivity contribution in [2.75, 3.05) is 36.4 Å². The van der Waals surface area contributed by atoms with Gasteiger partial charge in [0, 0.05) is 37.7 Å². The maximum absolute atomic E-state index is 12.6. The van der Waals surface area contributed by atoms with Crippen LogP contribution in [0.15, 0.2) is 48.5 Å². The third-order valence-corrected chi connectivity index (χ3v) is 4.86. The van der Waals surface area contributed by atoms with Crippen LogP contribution in [0.4, 0.5) is 11.4 Å². The van der Waals surface area contributed by atoms with Crippen molar-refractivity contribution in [3.05, 3.63) is 59.7 Å². The van der Waals surface area contributed by atoms with Crippen molar-refractivity contribution in [2.24, 2.45) is 5.92 Å². The topological polar surface area (TPSA) is 52.7 Å². The van der Waals surface area contributed by atoms with Gasteiger partial charge in [0.1, 0.15) is 0 Å². The Balaban J connectivity index is 1.71. The molecule has 1 saturated heterocycles. The molecule has 0 spiro atoms. The molecule has 2 aromatic carbocycles. The highest BCUT2D eigenvalue weighted by molar-refractivity contribution is 6.06. The molecule has 0 radical (unpaired) electrons. The molecule has 2 aromatic rings. The Hall–Kier alpha value is -2.82. The van der Waals surface area contributed by atoms with Crippen molar-refractivity contribution in [3.8, 4) is 0 Å². The zero-order valence-electron chi connectivity index (χ0n) is 16.2. The summed E-state index contributed by atoms with van der Waals surface area (Å²) >= 11 is 0. The second-order valence-electron chi connectivity index (χ2n) is 7.31. The van der Waals surface area contributed by atoms with Gasteiger partial charge in [-0.2, -0.15) is 0 Å². The van der Waals surface area contributed by atoms with Crippen LogP contribution in [0.3, 0.4) is 0 Å². The van der Waals surface area contributed by atoms with Crippen LogP contribution in [0, 0.1) is 12.8 Å². The molecule has 1 fully saturated rings. The van der Waals surface area contributed by atoms with Crippen LogP contribution < -0.4 is 10.2 Å². The van der Waals surface area contributed by atoms with Gasteiger partial charge in [0.15, 0.2) is 0 Å². The summed E-state index contributed by atoms with van der Waals surface area (Å²) in [6, 6.07) is 15.4. The van der Waals surface area contributed by atoms with Gasteiger partial charge >= 0.3 is 0 Å². The van der Waals surface area contributed by atoms with E-state index >= 15 is 0 Å². The molecule has 0 saturated carbocycles. The lowest BCUT2D eigenvalue weighted by Crippen LogP contribution is -2.50. The average molecular weight is 365 g/mol. The van der Waals surface area contributed by atoms with Gasteiger partial charge in [0.2, 0.25) is 5.91 Å². The minimum Gasteiger partial charge on any atom is -0.366 e. The second kappa shape index (κ2) is 8.25. The van der Waals surface area contributed by atoms with Crippen molar-refractivity contribution in [1.82, 2.24) is 4.90 Å². The van der Waals surface area contributed by atoms with Crippen molar-refractivity contribution < 1.29 is 9.59 Å². The van der Waals surface area contributed by atoms with E-state index in [1.165, 1.54) is 0 Å². The van der Waals surface area contributed by atoms with Crippen LogP contribution in [-0.4, -0.2) is 42.9 Å². The number of anilines is 2. The number of carbonyl (C=O) groups excluding carboxylic acids is 2. The molecule has 1 aliphatic rings. The summed E-state index contributed by atoms with van der Waals surface area (Å²) < 4.78 is 0. The van der Waals surface area contributed by atoms with Crippen LogP contribution in [0.25, 0.3) is 0 Å². The normalized spacial score (nSPS) is 14.4. The van der Waals surface area contributed by atoms with Gasteiger partial charge in [-0.05, 0) is 31.2 Å². The summed E-state index contributed by atoms with van der Waals surface area (Å²) in [5.41, 5.74) is 3.50. The number of benzene rings is 2. The van der Waals surface area contributed by atoms with Crippen LogP contribution >= 0.6 is 0 Å². The lowest BCUT2D eigenvalue weighted by Gasteiger charge is -2.37. The lowest BCUT2D eigenvalue weighted by molar-refractivity contribution is -0.134. The number of piperazine rings is 1. The monoisotopic (exact) mass is 365 g/mol. The molecular formula is C22H27N3O2. The molecule has 5 nitrogen and oxygen atoms in total. The number of hydrogen-bond donors (Lipinski definition) is 1. The molecule has 0 bridgehead atoms. The number of amides is 2. The SMILES string of the molecule is Cc1cccc(C(=O)Nc2ccccc2N2CCN(C(=O)C(C)C)CC2)c1. The fraction of sp³-hybridized carbons (Fsp3) is 0.364. The van der Waals surface area contributed by atoms with Gasteiger partial charge in [-0.15, -0.1) is 0 Å². The summed E-state index contributed by atoms with van der Waals surface area (Å²) in [5.74, 6) is 0.118. The molecule has 0 atom stereocenters. The van der Waals surface area contributed by atoms with E-state index in [9.17, 15) is 9.59 Å². The highest BCUT2D eigenvalue weighted by Gasteiger charge is 2.24. The predicted octanol–water partition coefficient (Wildman–Crippen LogP) is 3.55. The van der Waals surface area contributed by atoms with Crippen molar-refractivity contribution in [2.45, 2.75) is 20.8 Å². The molecule has 2 amide bonds. The summed E-state index contributed by atoms with van der Waals surface area (Å²) in [6.45, 7) is 8.78. The number of aryl methyl sites for hydroxylation is 1. The number of para-hydroxylation sites is 2. The van der Waals surface area contributed by atoms with Gasteiger partial charge in [0.05, 0.1) is 11.4 Å². The predicted molar refractivity (Wildman–Crippen MR) is 109 cm³/mol. The summed E-state index contributed by atoms with van der Waals surface area (Å²) in [5, 5.41) is 3.04. The van der Waals surface area contributed by atoms with Crippen LogP contribution in [0.1, 0.15) is 29.8 Å². The van der Waals surface area contributed by atoms with E-state index in [1.807, 2.05) is 74.2 Å². The standard InChI is InChI=1S/C22H27N3O2/c1-16(2)22(27)25-13-11-24(12-14-25)20-10-5-4-9-19(20)23-21(26)18-8-6-7-17(3)15-18/h4-10,15-16H,11-14H2,1-3H3,(H,23,26). The third-order valence-electron chi connectivity index (χ3n) is 4.86. The molecular weight excluding hydrogens is 338 g/mol. The van der Waals surface area contributed by atoms with E-state index in [0.717, 1.165) is 30.0 Å².